The summed E-state index contributed by atoms with van der Waals surface area (Å²) < 4.78 is 5.55. The third kappa shape index (κ3) is 4.26. The van der Waals surface area contributed by atoms with Gasteiger partial charge in [0.15, 0.2) is 0 Å². The summed E-state index contributed by atoms with van der Waals surface area (Å²) in [4.78, 5) is 41.8. The van der Waals surface area contributed by atoms with E-state index in [1.807, 2.05) is 36.4 Å². The Morgan fingerprint density at radius 3 is 2.29 bits per heavy atom. The number of carbonyl (C=O) groups excluding carboxylic acids is 2. The second-order valence-electron chi connectivity index (χ2n) is 8.57. The molecule has 1 atom stereocenters. The first-order valence-electron chi connectivity index (χ1n) is 11.0. The van der Waals surface area contributed by atoms with Crippen LogP contribution in [0.25, 0.3) is 11.1 Å². The zero-order valence-electron chi connectivity index (χ0n) is 18.2. The number of carboxylic acid groups (broad SMARTS) is 1. The smallest absolute Gasteiger partial charge is 0.408 e. The molecule has 34 heavy (non-hydrogen) atoms. The van der Waals surface area contributed by atoms with Crippen LogP contribution in [0.4, 0.5) is 4.79 Å². The van der Waals surface area contributed by atoms with Crippen LogP contribution in [0.3, 0.4) is 0 Å². The summed E-state index contributed by atoms with van der Waals surface area (Å²) in [6, 6.07) is 15.0. The van der Waals surface area contributed by atoms with Crippen molar-refractivity contribution in [2.24, 2.45) is 0 Å². The summed E-state index contributed by atoms with van der Waals surface area (Å²) in [6.45, 7) is 0.140. The molecule has 2 aliphatic rings. The lowest BCUT2D eigenvalue weighted by Gasteiger charge is -2.21. The zero-order chi connectivity index (χ0) is 23.7. The predicted molar refractivity (Wildman–Crippen MR) is 126 cm³/mol. The summed E-state index contributed by atoms with van der Waals surface area (Å²) in [5.74, 6) is -1.74. The highest BCUT2D eigenvalue weighted by Crippen LogP contribution is 2.44. The number of carboxylic acids is 1. The molecule has 8 nitrogen and oxygen atoms in total. The molecule has 1 aromatic heterocycles. The van der Waals surface area contributed by atoms with E-state index in [0.717, 1.165) is 27.1 Å². The fourth-order valence-corrected chi connectivity index (χ4v) is 5.05. The van der Waals surface area contributed by atoms with Gasteiger partial charge in [0.25, 0.3) is 0 Å². The number of benzene rings is 2. The number of aromatic nitrogens is 1. The standard InChI is InChI=1S/C25H23N3O5S/c29-22(30)21(11-15-12-26-14-34-15)27-23(31)25(9-10-25)28-24(32)33-13-20-18-7-3-1-5-16(18)17-6-2-4-8-19(17)20/h1-8,12,14,20-21H,9-11,13H2,(H,27,31)(H,28,32)(H,29,30). The second-order valence-corrected chi connectivity index (χ2v) is 9.54. The number of nitrogens with one attached hydrogen (secondary N) is 2. The van der Waals surface area contributed by atoms with Crippen molar-refractivity contribution >= 4 is 29.3 Å². The van der Waals surface area contributed by atoms with E-state index in [2.05, 4.69) is 27.8 Å². The Hall–Kier alpha value is -3.72. The lowest BCUT2D eigenvalue weighted by molar-refractivity contribution is -0.142. The maximum absolute atomic E-state index is 12.8. The average molecular weight is 478 g/mol. The summed E-state index contributed by atoms with van der Waals surface area (Å²) in [5, 5.41) is 14.7. The highest BCUT2D eigenvalue weighted by Gasteiger charge is 2.52. The van der Waals surface area contributed by atoms with E-state index in [1.165, 1.54) is 11.3 Å². The van der Waals surface area contributed by atoms with E-state index in [1.54, 1.807) is 11.7 Å². The molecule has 2 amide bonds. The number of aliphatic carboxylic acids is 1. The van der Waals surface area contributed by atoms with E-state index >= 15 is 0 Å². The Labute approximate surface area is 200 Å². The molecule has 2 aliphatic carbocycles. The minimum Gasteiger partial charge on any atom is -0.480 e. The summed E-state index contributed by atoms with van der Waals surface area (Å²) in [7, 11) is 0. The lowest BCUT2D eigenvalue weighted by Crippen LogP contribution is -2.54. The largest absolute Gasteiger partial charge is 0.480 e. The first kappa shape index (κ1) is 22.1. The van der Waals surface area contributed by atoms with Crippen molar-refractivity contribution in [1.29, 1.82) is 0 Å². The summed E-state index contributed by atoms with van der Waals surface area (Å²) in [5.41, 5.74) is 4.93. The van der Waals surface area contributed by atoms with Crippen LogP contribution in [0.2, 0.25) is 0 Å². The summed E-state index contributed by atoms with van der Waals surface area (Å²) >= 11 is 1.32. The molecule has 3 N–H and O–H groups in total. The van der Waals surface area contributed by atoms with Crippen molar-refractivity contribution in [3.05, 3.63) is 76.2 Å². The Kier molecular flexibility index (Phi) is 5.79. The van der Waals surface area contributed by atoms with Crippen LogP contribution in [0.1, 0.15) is 34.8 Å². The monoisotopic (exact) mass is 477 g/mol. The van der Waals surface area contributed by atoms with E-state index in [9.17, 15) is 19.5 Å². The number of hydrogen-bond acceptors (Lipinski definition) is 6. The molecule has 1 heterocycles. The number of fused-ring (bicyclic) bond motifs is 3. The molecular weight excluding hydrogens is 454 g/mol. The molecule has 1 unspecified atom stereocenters. The Balaban J connectivity index is 1.21. The molecule has 1 saturated carbocycles. The third-order valence-electron chi connectivity index (χ3n) is 6.36. The number of amides is 2. The highest BCUT2D eigenvalue weighted by atomic mass is 32.1. The maximum Gasteiger partial charge on any atom is 0.408 e. The maximum atomic E-state index is 12.8. The van der Waals surface area contributed by atoms with Gasteiger partial charge in [-0.3, -0.25) is 9.78 Å². The predicted octanol–water partition coefficient (Wildman–Crippen LogP) is 3.33. The van der Waals surface area contributed by atoms with Crippen LogP contribution >= 0.6 is 11.3 Å². The molecule has 0 saturated heterocycles. The first-order valence-corrected chi connectivity index (χ1v) is 11.9. The van der Waals surface area contributed by atoms with Gasteiger partial charge < -0.3 is 20.5 Å². The molecule has 1 fully saturated rings. The lowest BCUT2D eigenvalue weighted by atomic mass is 9.98. The Morgan fingerprint density at radius 1 is 1.09 bits per heavy atom. The number of ether oxygens (including phenoxy) is 1. The molecular formula is C25H23N3O5S. The zero-order valence-corrected chi connectivity index (χ0v) is 19.0. The van der Waals surface area contributed by atoms with E-state index in [-0.39, 0.29) is 18.9 Å². The van der Waals surface area contributed by atoms with Gasteiger partial charge in [-0.2, -0.15) is 0 Å². The number of hydrogen-bond donors (Lipinski definition) is 3. The van der Waals surface area contributed by atoms with Crippen molar-refractivity contribution in [2.75, 3.05) is 6.61 Å². The van der Waals surface area contributed by atoms with Crippen molar-refractivity contribution in [2.45, 2.75) is 36.8 Å². The topological polar surface area (TPSA) is 118 Å². The molecule has 9 heteroatoms. The van der Waals surface area contributed by atoms with Crippen LogP contribution in [-0.2, 0) is 20.7 Å². The van der Waals surface area contributed by atoms with E-state index in [0.29, 0.717) is 12.8 Å². The molecule has 3 aromatic rings. The van der Waals surface area contributed by atoms with Crippen molar-refractivity contribution in [3.8, 4) is 11.1 Å². The van der Waals surface area contributed by atoms with Crippen LogP contribution in [-0.4, -0.2) is 46.2 Å². The van der Waals surface area contributed by atoms with Crippen molar-refractivity contribution < 1.29 is 24.2 Å². The van der Waals surface area contributed by atoms with Gasteiger partial charge in [0.1, 0.15) is 18.2 Å². The van der Waals surface area contributed by atoms with Gasteiger partial charge in [0.2, 0.25) is 5.91 Å². The fourth-order valence-electron chi connectivity index (χ4n) is 4.40. The normalized spacial score (nSPS) is 16.1. The molecule has 0 spiro atoms. The van der Waals surface area contributed by atoms with Crippen LogP contribution in [0, 0.1) is 0 Å². The number of rotatable bonds is 8. The van der Waals surface area contributed by atoms with Crippen LogP contribution < -0.4 is 10.6 Å². The second kappa shape index (κ2) is 8.90. The molecule has 2 aromatic carbocycles. The van der Waals surface area contributed by atoms with Crippen molar-refractivity contribution in [1.82, 2.24) is 15.6 Å². The fraction of sp³-hybridized carbons (Fsp3) is 0.280. The van der Waals surface area contributed by atoms with Crippen LogP contribution in [0.15, 0.2) is 60.2 Å². The third-order valence-corrected chi connectivity index (χ3v) is 7.16. The Bertz CT molecular complexity index is 1190. The van der Waals surface area contributed by atoms with Gasteiger partial charge in [-0.05, 0) is 35.1 Å². The molecule has 0 bridgehead atoms. The minimum atomic E-state index is -1.14. The number of thiazole rings is 1. The minimum absolute atomic E-state index is 0.0853. The first-order chi connectivity index (χ1) is 16.5. The number of nitrogens with zero attached hydrogens (tertiary/aromatic N) is 1. The van der Waals surface area contributed by atoms with Gasteiger partial charge >= 0.3 is 12.1 Å². The number of carbonyl (C=O) groups is 3. The quantitative estimate of drug-likeness (QED) is 0.458. The molecule has 5 rings (SSSR count). The van der Waals surface area contributed by atoms with Crippen LogP contribution in [0.5, 0.6) is 0 Å². The Morgan fingerprint density at radius 2 is 1.74 bits per heavy atom. The number of alkyl carbamates (subject to hydrolysis) is 1. The summed E-state index contributed by atoms with van der Waals surface area (Å²) in [6.07, 6.45) is 1.87. The van der Waals surface area contributed by atoms with E-state index in [4.69, 9.17) is 4.74 Å². The van der Waals surface area contributed by atoms with Gasteiger partial charge in [0, 0.05) is 23.4 Å². The van der Waals surface area contributed by atoms with Crippen molar-refractivity contribution in [3.63, 3.8) is 0 Å². The van der Waals surface area contributed by atoms with Gasteiger partial charge in [-0.1, -0.05) is 48.5 Å². The SMILES string of the molecule is O=C(NC1(C(=O)NC(Cc2cncs2)C(=O)O)CC1)OCC1c2ccccc2-c2ccccc21. The van der Waals surface area contributed by atoms with E-state index < -0.39 is 29.6 Å². The van der Waals surface area contributed by atoms with Gasteiger partial charge in [-0.15, -0.1) is 11.3 Å². The van der Waals surface area contributed by atoms with Gasteiger partial charge in [-0.25, -0.2) is 9.59 Å². The molecule has 0 radical (unpaired) electrons. The molecule has 174 valence electrons. The highest BCUT2D eigenvalue weighted by molar-refractivity contribution is 7.09. The average Bonchev–Trinajstić information content (AvgIpc) is 3.30. The van der Waals surface area contributed by atoms with Gasteiger partial charge in [0.05, 0.1) is 5.51 Å². The molecule has 0 aliphatic heterocycles.